The van der Waals surface area contributed by atoms with E-state index in [9.17, 15) is 0 Å². The molecule has 1 N–H and O–H groups in total. The van der Waals surface area contributed by atoms with Gasteiger partial charge in [-0.15, -0.1) is 0 Å². The molecule has 0 radical (unpaired) electrons. The van der Waals surface area contributed by atoms with Crippen molar-refractivity contribution in [1.82, 2.24) is 0 Å². The van der Waals surface area contributed by atoms with Crippen LogP contribution in [0.1, 0.15) is 12.5 Å². The summed E-state index contributed by atoms with van der Waals surface area (Å²) in [6.07, 6.45) is 0. The minimum absolute atomic E-state index is 0.624. The van der Waals surface area contributed by atoms with Crippen molar-refractivity contribution in [3.63, 3.8) is 0 Å². The maximum atomic E-state index is 5.82. The van der Waals surface area contributed by atoms with E-state index in [-0.39, 0.29) is 0 Å². The van der Waals surface area contributed by atoms with Crippen LogP contribution in [-0.4, -0.2) is 6.61 Å². The van der Waals surface area contributed by atoms with Gasteiger partial charge in [-0.3, -0.25) is 0 Å². The number of ether oxygens (including phenoxy) is 2. The fraction of sp³-hybridized carbons (Fsp3) is 0.143. The normalized spacial score (nSPS) is 10.4. The Hall–Kier alpha value is -1.98. The van der Waals surface area contributed by atoms with Gasteiger partial charge in [0.25, 0.3) is 0 Å². The van der Waals surface area contributed by atoms with Crippen molar-refractivity contribution >= 4 is 37.5 Å². The Kier molecular flexibility index (Phi) is 6.58. The standard InChI is InChI=1S/C21H19Br2NO2/c1-2-25-21-15(12-16(22)13-20(21)23)14-24-17-8-10-19(11-9-17)26-18-6-4-3-5-7-18/h3-13,24H,2,14H2,1H3. The van der Waals surface area contributed by atoms with Crippen molar-refractivity contribution in [3.8, 4) is 17.2 Å². The van der Waals surface area contributed by atoms with Crippen LogP contribution >= 0.6 is 31.9 Å². The van der Waals surface area contributed by atoms with Crippen molar-refractivity contribution < 1.29 is 9.47 Å². The van der Waals surface area contributed by atoms with Gasteiger partial charge < -0.3 is 14.8 Å². The van der Waals surface area contributed by atoms with Gasteiger partial charge >= 0.3 is 0 Å². The summed E-state index contributed by atoms with van der Waals surface area (Å²) in [6, 6.07) is 21.7. The zero-order chi connectivity index (χ0) is 18.4. The number of hydrogen-bond donors (Lipinski definition) is 1. The molecular weight excluding hydrogens is 458 g/mol. The Bertz CT molecular complexity index is 852. The zero-order valence-corrected chi connectivity index (χ0v) is 17.5. The van der Waals surface area contributed by atoms with E-state index in [2.05, 4.69) is 43.2 Å². The highest BCUT2D eigenvalue weighted by Gasteiger charge is 2.10. The van der Waals surface area contributed by atoms with E-state index >= 15 is 0 Å². The molecule has 0 amide bonds. The lowest BCUT2D eigenvalue weighted by molar-refractivity contribution is 0.334. The highest BCUT2D eigenvalue weighted by atomic mass is 79.9. The molecule has 26 heavy (non-hydrogen) atoms. The van der Waals surface area contributed by atoms with Crippen molar-refractivity contribution in [2.24, 2.45) is 0 Å². The van der Waals surface area contributed by atoms with E-state index in [1.807, 2.05) is 67.6 Å². The summed E-state index contributed by atoms with van der Waals surface area (Å²) in [5.41, 5.74) is 2.10. The number of nitrogens with one attached hydrogen (secondary N) is 1. The van der Waals surface area contributed by atoms with Gasteiger partial charge in [-0.1, -0.05) is 34.1 Å². The number of hydrogen-bond acceptors (Lipinski definition) is 3. The predicted octanol–water partition coefficient (Wildman–Crippen LogP) is 7.01. The van der Waals surface area contributed by atoms with Crippen LogP contribution in [0.3, 0.4) is 0 Å². The molecule has 0 bridgehead atoms. The molecule has 134 valence electrons. The van der Waals surface area contributed by atoms with Crippen LogP contribution < -0.4 is 14.8 Å². The maximum absolute atomic E-state index is 5.82. The second-order valence-electron chi connectivity index (χ2n) is 5.60. The number of benzene rings is 3. The molecular formula is C21H19Br2NO2. The molecule has 0 aliphatic rings. The van der Waals surface area contributed by atoms with E-state index in [4.69, 9.17) is 9.47 Å². The van der Waals surface area contributed by atoms with Crippen molar-refractivity contribution in [1.29, 1.82) is 0 Å². The van der Waals surface area contributed by atoms with E-state index in [0.717, 1.165) is 37.4 Å². The lowest BCUT2D eigenvalue weighted by Gasteiger charge is -2.14. The van der Waals surface area contributed by atoms with Crippen molar-refractivity contribution in [3.05, 3.63) is 81.2 Å². The summed E-state index contributed by atoms with van der Waals surface area (Å²) in [4.78, 5) is 0. The average Bonchev–Trinajstić information content (AvgIpc) is 2.64. The Morgan fingerprint density at radius 3 is 2.27 bits per heavy atom. The van der Waals surface area contributed by atoms with Gasteiger partial charge in [-0.2, -0.15) is 0 Å². The van der Waals surface area contributed by atoms with Gasteiger partial charge in [-0.05, 0) is 71.4 Å². The van der Waals surface area contributed by atoms with Crippen LogP contribution in [0, 0.1) is 0 Å². The lowest BCUT2D eigenvalue weighted by Crippen LogP contribution is -2.04. The van der Waals surface area contributed by atoms with E-state index in [1.54, 1.807) is 0 Å². The lowest BCUT2D eigenvalue weighted by atomic mass is 10.2. The third kappa shape index (κ3) is 5.02. The molecule has 3 rings (SSSR count). The third-order valence-electron chi connectivity index (χ3n) is 3.69. The molecule has 0 aliphatic heterocycles. The molecule has 0 saturated carbocycles. The number of rotatable bonds is 7. The first-order valence-electron chi connectivity index (χ1n) is 8.33. The molecule has 0 heterocycles. The minimum Gasteiger partial charge on any atom is -0.492 e. The molecule has 0 unspecified atom stereocenters. The van der Waals surface area contributed by atoms with Crippen LogP contribution in [0.25, 0.3) is 0 Å². The van der Waals surface area contributed by atoms with Gasteiger partial charge in [0, 0.05) is 22.3 Å². The van der Waals surface area contributed by atoms with Crippen molar-refractivity contribution in [2.75, 3.05) is 11.9 Å². The first-order chi connectivity index (χ1) is 12.7. The van der Waals surface area contributed by atoms with E-state index in [1.165, 1.54) is 0 Å². The fourth-order valence-corrected chi connectivity index (χ4v) is 3.94. The van der Waals surface area contributed by atoms with E-state index in [0.29, 0.717) is 13.2 Å². The smallest absolute Gasteiger partial charge is 0.138 e. The van der Waals surface area contributed by atoms with Gasteiger partial charge in [0.2, 0.25) is 0 Å². The fourth-order valence-electron chi connectivity index (χ4n) is 2.51. The second-order valence-corrected chi connectivity index (χ2v) is 7.37. The molecule has 3 aromatic carbocycles. The van der Waals surface area contributed by atoms with Crippen LogP contribution in [0.5, 0.6) is 17.2 Å². The summed E-state index contributed by atoms with van der Waals surface area (Å²) >= 11 is 7.10. The molecule has 0 fully saturated rings. The Morgan fingerprint density at radius 2 is 1.58 bits per heavy atom. The highest BCUT2D eigenvalue weighted by molar-refractivity contribution is 9.11. The first kappa shape index (κ1) is 18.8. The molecule has 0 saturated heterocycles. The summed E-state index contributed by atoms with van der Waals surface area (Å²) in [5.74, 6) is 2.50. The van der Waals surface area contributed by atoms with Gasteiger partial charge in [0.15, 0.2) is 0 Å². The van der Waals surface area contributed by atoms with Gasteiger partial charge in [0.05, 0.1) is 11.1 Å². The minimum atomic E-state index is 0.624. The SMILES string of the molecule is CCOc1c(Br)cc(Br)cc1CNc1ccc(Oc2ccccc2)cc1. The predicted molar refractivity (Wildman–Crippen MR) is 113 cm³/mol. The van der Waals surface area contributed by atoms with Gasteiger partial charge in [0.1, 0.15) is 17.2 Å². The summed E-state index contributed by atoms with van der Waals surface area (Å²) in [5, 5.41) is 3.43. The summed E-state index contributed by atoms with van der Waals surface area (Å²) < 4.78 is 13.5. The Morgan fingerprint density at radius 1 is 0.885 bits per heavy atom. The molecule has 0 aliphatic carbocycles. The quantitative estimate of drug-likeness (QED) is 0.397. The Labute approximate surface area is 170 Å². The number of halogens is 2. The van der Waals surface area contributed by atoms with Crippen LogP contribution in [0.15, 0.2) is 75.7 Å². The maximum Gasteiger partial charge on any atom is 0.138 e. The topological polar surface area (TPSA) is 30.5 Å². The Balaban J connectivity index is 1.67. The largest absolute Gasteiger partial charge is 0.492 e. The third-order valence-corrected chi connectivity index (χ3v) is 4.74. The second kappa shape index (κ2) is 9.10. The van der Waals surface area contributed by atoms with E-state index < -0.39 is 0 Å². The summed E-state index contributed by atoms with van der Waals surface area (Å²) in [6.45, 7) is 3.27. The number of para-hydroxylation sites is 1. The monoisotopic (exact) mass is 475 g/mol. The molecule has 5 heteroatoms. The van der Waals surface area contributed by atoms with Crippen molar-refractivity contribution in [2.45, 2.75) is 13.5 Å². The van der Waals surface area contributed by atoms with Crippen LogP contribution in [-0.2, 0) is 6.54 Å². The first-order valence-corrected chi connectivity index (χ1v) is 9.92. The molecule has 3 aromatic rings. The molecule has 3 nitrogen and oxygen atoms in total. The van der Waals surface area contributed by atoms with Crippen LogP contribution in [0.4, 0.5) is 5.69 Å². The number of anilines is 1. The zero-order valence-electron chi connectivity index (χ0n) is 14.3. The summed E-state index contributed by atoms with van der Waals surface area (Å²) in [7, 11) is 0. The van der Waals surface area contributed by atoms with Crippen LogP contribution in [0.2, 0.25) is 0 Å². The molecule has 0 aromatic heterocycles. The molecule has 0 atom stereocenters. The van der Waals surface area contributed by atoms with Gasteiger partial charge in [-0.25, -0.2) is 0 Å². The molecule has 0 spiro atoms. The average molecular weight is 477 g/mol. The highest BCUT2D eigenvalue weighted by Crippen LogP contribution is 2.33.